The highest BCUT2D eigenvalue weighted by Gasteiger charge is 2.55. The lowest BCUT2D eigenvalue weighted by Crippen LogP contribution is -2.42. The molecule has 1 aromatic heterocycles. The van der Waals surface area contributed by atoms with Crippen molar-refractivity contribution in [2.45, 2.75) is 66.1 Å². The number of hydrogen-bond acceptors (Lipinski definition) is 5. The van der Waals surface area contributed by atoms with Crippen LogP contribution in [-0.4, -0.2) is 41.1 Å². The number of aliphatic hydroxyl groups excluding tert-OH is 1. The molecule has 0 amide bonds. The molecule has 6 heteroatoms. The van der Waals surface area contributed by atoms with Gasteiger partial charge in [-0.3, -0.25) is 4.79 Å². The number of ether oxygens (including phenoxy) is 2. The first kappa shape index (κ1) is 27.7. The number of allylic oxidation sites excluding steroid dienone is 6. The Balaban J connectivity index is 2.14. The minimum atomic E-state index is -1.19. The standard InChI is InChI=1S/C28H41NO5/c1-10-17(3)23-22(20(6)26(31)28(23,7)32)18(4)13-11-12-16(2)14-15-21-19(5)24(30)25(33-8)27(29-21)34-9/h10-11,13-14,20,22-23,26,31-32H,4,12,15H2,1-3,5-9H3,(H,29,30)/b13-11+,16-14+,17-10+/t20-,22-,23-,26+,28-/m0/s1. The Labute approximate surface area is 203 Å². The summed E-state index contributed by atoms with van der Waals surface area (Å²) in [5.41, 5.74) is 3.14. The first-order valence-electron chi connectivity index (χ1n) is 11.8. The lowest BCUT2D eigenvalue weighted by atomic mass is 9.77. The van der Waals surface area contributed by atoms with Crippen molar-refractivity contribution in [2.75, 3.05) is 14.2 Å². The van der Waals surface area contributed by atoms with Crippen molar-refractivity contribution >= 4 is 0 Å². The molecule has 2 rings (SSSR count). The maximum atomic E-state index is 12.5. The monoisotopic (exact) mass is 471 g/mol. The zero-order valence-corrected chi connectivity index (χ0v) is 21.9. The van der Waals surface area contributed by atoms with Gasteiger partial charge in [-0.05, 0) is 52.9 Å². The van der Waals surface area contributed by atoms with Gasteiger partial charge < -0.3 is 24.7 Å². The number of aliphatic hydroxyl groups is 2. The van der Waals surface area contributed by atoms with Crippen LogP contribution in [0.2, 0.25) is 0 Å². The molecule has 188 valence electrons. The van der Waals surface area contributed by atoms with Gasteiger partial charge in [0.1, 0.15) is 0 Å². The third-order valence-electron chi connectivity index (χ3n) is 7.33. The number of methoxy groups -OCH3 is 2. The van der Waals surface area contributed by atoms with E-state index in [0.29, 0.717) is 17.9 Å². The highest BCUT2D eigenvalue weighted by Crippen LogP contribution is 2.50. The molecule has 1 aliphatic rings. The van der Waals surface area contributed by atoms with E-state index in [4.69, 9.17) is 9.47 Å². The molecule has 1 aliphatic carbocycles. The molecule has 3 N–H and O–H groups in total. The smallest absolute Gasteiger partial charge is 0.238 e. The Bertz CT molecular complexity index is 1040. The van der Waals surface area contributed by atoms with Crippen molar-refractivity contribution in [3.63, 3.8) is 0 Å². The van der Waals surface area contributed by atoms with Gasteiger partial charge in [-0.2, -0.15) is 0 Å². The average Bonchev–Trinajstić information content (AvgIpc) is 2.98. The minimum absolute atomic E-state index is 0.0405. The molecule has 1 heterocycles. The van der Waals surface area contributed by atoms with Crippen molar-refractivity contribution in [2.24, 2.45) is 17.8 Å². The summed E-state index contributed by atoms with van der Waals surface area (Å²) in [6.45, 7) is 15.8. The SMILES string of the molecule is C=C(/C=C/C/C(C)=C/Cc1[nH]c(OC)c(OC)c(=O)c1C)[C@H]1[C@H](C)[C@@H](O)[C@@](C)(O)[C@H]1/C(C)=C/C. The summed E-state index contributed by atoms with van der Waals surface area (Å²) in [5, 5.41) is 21.7. The molecule has 1 fully saturated rings. The molecule has 5 atom stereocenters. The van der Waals surface area contributed by atoms with Crippen LogP contribution in [0.4, 0.5) is 0 Å². The highest BCUT2D eigenvalue weighted by atomic mass is 16.5. The number of H-pyrrole nitrogens is 1. The second-order valence-electron chi connectivity index (χ2n) is 9.63. The van der Waals surface area contributed by atoms with Crippen LogP contribution in [0, 0.1) is 24.7 Å². The summed E-state index contributed by atoms with van der Waals surface area (Å²) in [6.07, 6.45) is 8.63. The van der Waals surface area contributed by atoms with Gasteiger partial charge in [-0.1, -0.05) is 54.5 Å². The predicted octanol–water partition coefficient (Wildman–Crippen LogP) is 4.65. The summed E-state index contributed by atoms with van der Waals surface area (Å²) in [7, 11) is 2.95. The summed E-state index contributed by atoms with van der Waals surface area (Å²) in [5.74, 6) is 0.184. The number of rotatable bonds is 9. The lowest BCUT2D eigenvalue weighted by molar-refractivity contribution is -0.0686. The first-order valence-corrected chi connectivity index (χ1v) is 11.8. The van der Waals surface area contributed by atoms with Gasteiger partial charge in [-0.15, -0.1) is 0 Å². The number of hydrogen-bond donors (Lipinski definition) is 3. The van der Waals surface area contributed by atoms with Crippen molar-refractivity contribution in [1.82, 2.24) is 4.98 Å². The third-order valence-corrected chi connectivity index (χ3v) is 7.33. The molecule has 1 saturated carbocycles. The van der Waals surface area contributed by atoms with Gasteiger partial charge in [0, 0.05) is 23.6 Å². The molecule has 6 nitrogen and oxygen atoms in total. The molecule has 1 aromatic rings. The molecule has 0 saturated heterocycles. The second-order valence-corrected chi connectivity index (χ2v) is 9.63. The van der Waals surface area contributed by atoms with E-state index >= 15 is 0 Å². The molecule has 0 bridgehead atoms. The largest absolute Gasteiger partial charge is 0.488 e. The molecule has 0 radical (unpaired) electrons. The van der Waals surface area contributed by atoms with Crippen LogP contribution >= 0.6 is 0 Å². The van der Waals surface area contributed by atoms with Crippen LogP contribution in [0.25, 0.3) is 0 Å². The molecule has 0 aliphatic heterocycles. The molecule has 0 aromatic carbocycles. The molecule has 34 heavy (non-hydrogen) atoms. The van der Waals surface area contributed by atoms with Gasteiger partial charge in [0.15, 0.2) is 0 Å². The zero-order valence-electron chi connectivity index (χ0n) is 21.9. The van der Waals surface area contributed by atoms with E-state index in [1.54, 1.807) is 13.8 Å². The average molecular weight is 472 g/mol. The normalized spacial score (nSPS) is 27.9. The zero-order chi connectivity index (χ0) is 25.8. The third kappa shape index (κ3) is 5.39. The quantitative estimate of drug-likeness (QED) is 0.360. The predicted molar refractivity (Wildman–Crippen MR) is 137 cm³/mol. The van der Waals surface area contributed by atoms with Crippen molar-refractivity contribution in [3.05, 3.63) is 69.1 Å². The number of aromatic amines is 1. The fraction of sp³-hybridized carbons (Fsp3) is 0.536. The minimum Gasteiger partial charge on any atom is -0.488 e. The summed E-state index contributed by atoms with van der Waals surface area (Å²) >= 11 is 0. The first-order chi connectivity index (χ1) is 15.9. The van der Waals surface area contributed by atoms with Gasteiger partial charge in [0.2, 0.25) is 17.1 Å². The van der Waals surface area contributed by atoms with E-state index < -0.39 is 11.7 Å². The highest BCUT2D eigenvalue weighted by molar-refractivity contribution is 5.40. The fourth-order valence-electron chi connectivity index (χ4n) is 5.15. The van der Waals surface area contributed by atoms with Crippen LogP contribution in [0.1, 0.15) is 52.3 Å². The van der Waals surface area contributed by atoms with Crippen molar-refractivity contribution < 1.29 is 19.7 Å². The van der Waals surface area contributed by atoms with Crippen molar-refractivity contribution in [1.29, 1.82) is 0 Å². The Morgan fingerprint density at radius 1 is 1.26 bits per heavy atom. The molecule has 0 unspecified atom stereocenters. The number of aromatic nitrogens is 1. The van der Waals surface area contributed by atoms with Crippen LogP contribution in [0.5, 0.6) is 11.6 Å². The topological polar surface area (TPSA) is 91.8 Å². The number of pyridine rings is 1. The van der Waals surface area contributed by atoms with Crippen molar-refractivity contribution in [3.8, 4) is 11.6 Å². The van der Waals surface area contributed by atoms with Crippen LogP contribution in [-0.2, 0) is 6.42 Å². The maximum Gasteiger partial charge on any atom is 0.238 e. The van der Waals surface area contributed by atoms with E-state index in [9.17, 15) is 15.0 Å². The Kier molecular flexibility index (Phi) is 9.15. The summed E-state index contributed by atoms with van der Waals surface area (Å²) < 4.78 is 10.4. The Morgan fingerprint density at radius 3 is 2.47 bits per heavy atom. The van der Waals surface area contributed by atoms with E-state index in [1.807, 2.05) is 39.8 Å². The summed E-state index contributed by atoms with van der Waals surface area (Å²) in [4.78, 5) is 15.7. The second kappa shape index (κ2) is 11.2. The Morgan fingerprint density at radius 2 is 1.91 bits per heavy atom. The lowest BCUT2D eigenvalue weighted by Gasteiger charge is -2.32. The number of nitrogens with one attached hydrogen (secondary N) is 1. The fourth-order valence-corrected chi connectivity index (χ4v) is 5.15. The summed E-state index contributed by atoms with van der Waals surface area (Å²) in [6, 6.07) is 0. The van der Waals surface area contributed by atoms with Gasteiger partial charge in [0.05, 0.1) is 25.9 Å². The van der Waals surface area contributed by atoms with Crippen LogP contribution < -0.4 is 14.9 Å². The van der Waals surface area contributed by atoms with Crippen LogP contribution in [0.3, 0.4) is 0 Å². The Hall–Kier alpha value is -2.57. The van der Waals surface area contributed by atoms with E-state index in [-0.39, 0.29) is 28.9 Å². The molecule has 0 spiro atoms. The van der Waals surface area contributed by atoms with E-state index in [2.05, 4.69) is 23.7 Å². The maximum absolute atomic E-state index is 12.5. The van der Waals surface area contributed by atoms with Gasteiger partial charge >= 0.3 is 0 Å². The van der Waals surface area contributed by atoms with E-state index in [0.717, 1.165) is 28.8 Å². The van der Waals surface area contributed by atoms with Crippen LogP contribution in [0.15, 0.2) is 52.4 Å². The van der Waals surface area contributed by atoms with Gasteiger partial charge in [0.25, 0.3) is 0 Å². The molecular weight excluding hydrogens is 430 g/mol. The van der Waals surface area contributed by atoms with E-state index in [1.165, 1.54) is 14.2 Å². The molecular formula is C28H41NO5. The van der Waals surface area contributed by atoms with Gasteiger partial charge in [-0.25, -0.2) is 0 Å².